The highest BCUT2D eigenvalue weighted by molar-refractivity contribution is 9.10. The van der Waals surface area contributed by atoms with Crippen LogP contribution in [0.25, 0.3) is 0 Å². The molecule has 1 aromatic rings. The molecular formula is C10H6BrF4N. The van der Waals surface area contributed by atoms with Crippen molar-refractivity contribution in [1.82, 2.24) is 0 Å². The molecular weight excluding hydrogens is 290 g/mol. The van der Waals surface area contributed by atoms with Crippen LogP contribution in [0.5, 0.6) is 0 Å². The topological polar surface area (TPSA) is 12.4 Å². The molecule has 0 saturated heterocycles. The van der Waals surface area contributed by atoms with Crippen molar-refractivity contribution in [3.05, 3.63) is 33.5 Å². The van der Waals surface area contributed by atoms with Gasteiger partial charge in [-0.3, -0.25) is 4.99 Å². The molecule has 6 heteroatoms. The Bertz CT molecular complexity index is 465. The smallest absolute Gasteiger partial charge is 0.280 e. The Labute approximate surface area is 97.3 Å². The van der Waals surface area contributed by atoms with E-state index >= 15 is 0 Å². The summed E-state index contributed by atoms with van der Waals surface area (Å²) in [6.07, 6.45) is -4.36. The van der Waals surface area contributed by atoms with Gasteiger partial charge in [-0.05, 0) is 18.6 Å². The first kappa shape index (κ1) is 11.6. The Hall–Kier alpha value is -0.910. The molecule has 0 bridgehead atoms. The predicted molar refractivity (Wildman–Crippen MR) is 55.3 cm³/mol. The molecule has 0 aromatic heterocycles. The normalized spacial score (nSPS) is 15.7. The molecule has 0 saturated carbocycles. The maximum absolute atomic E-state index is 13.4. The quantitative estimate of drug-likeness (QED) is 0.650. The predicted octanol–water partition coefficient (Wildman–Crippen LogP) is 3.50. The minimum atomic E-state index is -4.55. The monoisotopic (exact) mass is 295 g/mol. The van der Waals surface area contributed by atoms with E-state index in [4.69, 9.17) is 0 Å². The van der Waals surface area contributed by atoms with Gasteiger partial charge in [-0.2, -0.15) is 13.2 Å². The molecule has 0 spiro atoms. The highest BCUT2D eigenvalue weighted by atomic mass is 79.9. The van der Waals surface area contributed by atoms with Crippen LogP contribution in [0, 0.1) is 5.82 Å². The van der Waals surface area contributed by atoms with Crippen LogP contribution < -0.4 is 0 Å². The zero-order chi connectivity index (χ0) is 11.9. The van der Waals surface area contributed by atoms with Gasteiger partial charge in [-0.25, -0.2) is 4.39 Å². The van der Waals surface area contributed by atoms with E-state index in [2.05, 4.69) is 20.9 Å². The summed E-state index contributed by atoms with van der Waals surface area (Å²) >= 11 is 3.00. The van der Waals surface area contributed by atoms with Gasteiger partial charge < -0.3 is 0 Å². The van der Waals surface area contributed by atoms with Crippen molar-refractivity contribution in [2.75, 3.05) is 6.54 Å². The van der Waals surface area contributed by atoms with Crippen molar-refractivity contribution in [1.29, 1.82) is 0 Å². The molecule has 2 rings (SSSR count). The Morgan fingerprint density at radius 3 is 2.56 bits per heavy atom. The van der Waals surface area contributed by atoms with Crippen molar-refractivity contribution in [3.8, 4) is 0 Å². The van der Waals surface area contributed by atoms with Crippen LogP contribution in [0.2, 0.25) is 0 Å². The minimum absolute atomic E-state index is 0.0325. The van der Waals surface area contributed by atoms with E-state index in [-0.39, 0.29) is 28.6 Å². The Balaban J connectivity index is 2.66. The van der Waals surface area contributed by atoms with Crippen molar-refractivity contribution in [2.24, 2.45) is 4.99 Å². The third-order valence-electron chi connectivity index (χ3n) is 2.34. The van der Waals surface area contributed by atoms with Crippen LogP contribution in [-0.2, 0) is 6.42 Å². The van der Waals surface area contributed by atoms with Gasteiger partial charge in [-0.1, -0.05) is 15.9 Å². The molecule has 86 valence electrons. The molecule has 0 aliphatic carbocycles. The summed E-state index contributed by atoms with van der Waals surface area (Å²) in [5, 5.41) is 0. The van der Waals surface area contributed by atoms with E-state index in [1.165, 1.54) is 6.07 Å². The van der Waals surface area contributed by atoms with Gasteiger partial charge in [0.1, 0.15) is 11.5 Å². The second-order valence-corrected chi connectivity index (χ2v) is 4.22. The summed E-state index contributed by atoms with van der Waals surface area (Å²) in [6.45, 7) is -0.0325. The molecule has 0 radical (unpaired) electrons. The van der Waals surface area contributed by atoms with Gasteiger partial charge in [0.2, 0.25) is 0 Å². The third-order valence-corrected chi connectivity index (χ3v) is 3.00. The van der Waals surface area contributed by atoms with Gasteiger partial charge in [0.05, 0.1) is 0 Å². The number of aliphatic imine (C=N–C) groups is 1. The van der Waals surface area contributed by atoms with Crippen molar-refractivity contribution in [2.45, 2.75) is 12.6 Å². The third kappa shape index (κ3) is 1.86. The first-order chi connectivity index (χ1) is 7.41. The summed E-state index contributed by atoms with van der Waals surface area (Å²) in [5.41, 5.74) is -1.09. The van der Waals surface area contributed by atoms with E-state index in [1.54, 1.807) is 0 Å². The average Bonchev–Trinajstić information content (AvgIpc) is 2.22. The Kier molecular flexibility index (Phi) is 2.77. The first-order valence-corrected chi connectivity index (χ1v) is 5.29. The Morgan fingerprint density at radius 1 is 1.25 bits per heavy atom. The number of fused-ring (bicyclic) bond motifs is 1. The fraction of sp³-hybridized carbons (Fsp3) is 0.300. The fourth-order valence-electron chi connectivity index (χ4n) is 1.68. The molecule has 0 unspecified atom stereocenters. The average molecular weight is 296 g/mol. The molecule has 0 amide bonds. The number of nitrogens with zero attached hydrogens (tertiary/aromatic N) is 1. The van der Waals surface area contributed by atoms with Crippen LogP contribution in [-0.4, -0.2) is 18.4 Å². The number of alkyl halides is 3. The zero-order valence-corrected chi connectivity index (χ0v) is 9.49. The molecule has 16 heavy (non-hydrogen) atoms. The molecule has 1 nitrogen and oxygen atoms in total. The number of hydrogen-bond donors (Lipinski definition) is 0. The van der Waals surface area contributed by atoms with E-state index in [1.807, 2.05) is 0 Å². The summed E-state index contributed by atoms with van der Waals surface area (Å²) in [6, 6.07) is 2.42. The van der Waals surface area contributed by atoms with Crippen LogP contribution >= 0.6 is 15.9 Å². The number of rotatable bonds is 0. The second-order valence-electron chi connectivity index (χ2n) is 3.36. The SMILES string of the molecule is Fc1ccc(Br)c2c1CCN=C2C(F)(F)F. The van der Waals surface area contributed by atoms with Crippen molar-refractivity contribution in [3.63, 3.8) is 0 Å². The molecule has 1 heterocycles. The van der Waals surface area contributed by atoms with Crippen LogP contribution in [0.15, 0.2) is 21.6 Å². The molecule has 0 N–H and O–H groups in total. The lowest BCUT2D eigenvalue weighted by molar-refractivity contribution is -0.0584. The molecule has 1 aliphatic heterocycles. The van der Waals surface area contributed by atoms with E-state index in [9.17, 15) is 17.6 Å². The lowest BCUT2D eigenvalue weighted by Crippen LogP contribution is -2.29. The summed E-state index contributed by atoms with van der Waals surface area (Å²) in [5.74, 6) is -0.616. The summed E-state index contributed by atoms with van der Waals surface area (Å²) in [4.78, 5) is 3.44. The van der Waals surface area contributed by atoms with Crippen LogP contribution in [0.1, 0.15) is 11.1 Å². The van der Waals surface area contributed by atoms with Gasteiger partial charge in [0.25, 0.3) is 0 Å². The molecule has 1 aromatic carbocycles. The minimum Gasteiger partial charge on any atom is -0.280 e. The van der Waals surface area contributed by atoms with Crippen LogP contribution in [0.4, 0.5) is 17.6 Å². The van der Waals surface area contributed by atoms with Gasteiger partial charge in [0, 0.05) is 22.1 Å². The van der Waals surface area contributed by atoms with Gasteiger partial charge in [0.15, 0.2) is 0 Å². The van der Waals surface area contributed by atoms with E-state index < -0.39 is 17.7 Å². The van der Waals surface area contributed by atoms with Crippen LogP contribution in [0.3, 0.4) is 0 Å². The molecule has 0 atom stereocenters. The van der Waals surface area contributed by atoms with Crippen molar-refractivity contribution >= 4 is 21.6 Å². The molecule has 0 fully saturated rings. The maximum Gasteiger partial charge on any atom is 0.433 e. The fourth-order valence-corrected chi connectivity index (χ4v) is 2.24. The Morgan fingerprint density at radius 2 is 1.94 bits per heavy atom. The number of halogens is 5. The molecule has 1 aliphatic rings. The summed E-state index contributed by atoms with van der Waals surface area (Å²) in [7, 11) is 0. The lowest BCUT2D eigenvalue weighted by Gasteiger charge is -2.20. The maximum atomic E-state index is 13.4. The highest BCUT2D eigenvalue weighted by Crippen LogP contribution is 2.33. The first-order valence-electron chi connectivity index (χ1n) is 4.50. The summed E-state index contributed by atoms with van der Waals surface area (Å²) < 4.78 is 51.6. The van der Waals surface area contributed by atoms with Gasteiger partial charge in [-0.15, -0.1) is 0 Å². The number of benzene rings is 1. The largest absolute Gasteiger partial charge is 0.433 e. The van der Waals surface area contributed by atoms with Crippen molar-refractivity contribution < 1.29 is 17.6 Å². The number of hydrogen-bond acceptors (Lipinski definition) is 1. The highest BCUT2D eigenvalue weighted by Gasteiger charge is 2.40. The van der Waals surface area contributed by atoms with Gasteiger partial charge >= 0.3 is 6.18 Å². The zero-order valence-electron chi connectivity index (χ0n) is 7.91. The lowest BCUT2D eigenvalue weighted by atomic mass is 9.97. The second kappa shape index (κ2) is 3.84. The van der Waals surface area contributed by atoms with E-state index in [0.29, 0.717) is 0 Å². The van der Waals surface area contributed by atoms with E-state index in [0.717, 1.165) is 6.07 Å². The standard InChI is InChI=1S/C10H6BrF4N/c11-6-1-2-7(12)5-3-4-16-9(8(5)6)10(13,14)15/h1-2H,3-4H2.